The monoisotopic (exact) mass is 299 g/mol. The van der Waals surface area contributed by atoms with Gasteiger partial charge >= 0.3 is 5.97 Å². The Balaban J connectivity index is 2.34. The van der Waals surface area contributed by atoms with Crippen molar-refractivity contribution in [1.82, 2.24) is 0 Å². The third-order valence-corrected chi connectivity index (χ3v) is 3.89. The lowest BCUT2D eigenvalue weighted by atomic mass is 10.2. The van der Waals surface area contributed by atoms with Crippen LogP contribution in [0.25, 0.3) is 0 Å². The first kappa shape index (κ1) is 14.9. The first-order valence-electron chi connectivity index (χ1n) is 6.12. The van der Waals surface area contributed by atoms with E-state index in [-0.39, 0.29) is 0 Å². The van der Waals surface area contributed by atoms with Crippen LogP contribution in [-0.2, 0) is 4.74 Å². The number of esters is 1. The highest BCUT2D eigenvalue weighted by Crippen LogP contribution is 2.33. The van der Waals surface area contributed by atoms with E-state index in [1.54, 1.807) is 31.4 Å². The fourth-order valence-electron chi connectivity index (χ4n) is 1.72. The van der Waals surface area contributed by atoms with Crippen LogP contribution in [0.1, 0.15) is 15.9 Å². The summed E-state index contributed by atoms with van der Waals surface area (Å²) < 4.78 is 9.93. The zero-order valence-corrected chi connectivity index (χ0v) is 12.4. The average Bonchev–Trinajstić information content (AvgIpc) is 2.55. The van der Waals surface area contributed by atoms with Gasteiger partial charge in [-0.3, -0.25) is 0 Å². The number of methoxy groups -OCH3 is 2. The Morgan fingerprint density at radius 3 is 2.43 bits per heavy atom. The molecular weight excluding hydrogens is 286 g/mol. The second-order valence-electron chi connectivity index (χ2n) is 4.09. The molecule has 0 amide bonds. The molecule has 0 bridgehead atoms. The maximum atomic E-state index is 11.9. The van der Waals surface area contributed by atoms with Crippen LogP contribution in [0.3, 0.4) is 0 Å². The van der Waals surface area contributed by atoms with Gasteiger partial charge in [-0.05, 0) is 42.5 Å². The van der Waals surface area contributed by atoms with Crippen LogP contribution >= 0.6 is 11.8 Å². The number of ether oxygens (including phenoxy) is 2. The molecule has 0 atom stereocenters. The highest BCUT2D eigenvalue weighted by Gasteiger charge is 2.14. The molecule has 0 heterocycles. The maximum absolute atomic E-state index is 11.9. The first-order valence-corrected chi connectivity index (χ1v) is 6.94. The van der Waals surface area contributed by atoms with E-state index in [0.29, 0.717) is 16.9 Å². The lowest BCUT2D eigenvalue weighted by molar-refractivity contribution is 0.0596. The maximum Gasteiger partial charge on any atom is 0.339 e. The summed E-state index contributed by atoms with van der Waals surface area (Å²) in [6.07, 6.45) is 0. The number of carbonyl (C=O) groups excluding carboxylic acids is 1. The molecule has 0 unspecified atom stereocenters. The van der Waals surface area contributed by atoms with Crippen molar-refractivity contribution in [2.75, 3.05) is 14.2 Å². The van der Waals surface area contributed by atoms with Crippen LogP contribution in [-0.4, -0.2) is 20.2 Å². The summed E-state index contributed by atoms with van der Waals surface area (Å²) >= 11 is 1.43. The second kappa shape index (κ2) is 6.82. The molecule has 5 heteroatoms. The fraction of sp³-hybridized carbons (Fsp3) is 0.125. The lowest BCUT2D eigenvalue weighted by Gasteiger charge is -2.09. The van der Waals surface area contributed by atoms with Crippen molar-refractivity contribution < 1.29 is 14.3 Å². The van der Waals surface area contributed by atoms with Crippen molar-refractivity contribution >= 4 is 17.7 Å². The van der Waals surface area contributed by atoms with Gasteiger partial charge in [0.2, 0.25) is 0 Å². The molecule has 0 fully saturated rings. The van der Waals surface area contributed by atoms with Gasteiger partial charge in [0.25, 0.3) is 0 Å². The summed E-state index contributed by atoms with van der Waals surface area (Å²) in [5.74, 6) is 0.185. The molecule has 0 aliphatic rings. The predicted molar refractivity (Wildman–Crippen MR) is 79.6 cm³/mol. The van der Waals surface area contributed by atoms with Crippen LogP contribution < -0.4 is 4.74 Å². The van der Waals surface area contributed by atoms with Gasteiger partial charge in [0.15, 0.2) is 0 Å². The molecule has 0 N–H and O–H groups in total. The van der Waals surface area contributed by atoms with Crippen LogP contribution in [0.4, 0.5) is 0 Å². The Kier molecular flexibility index (Phi) is 4.85. The standard InChI is InChI=1S/C16H13NO3S/c1-19-12-5-8-15(14(9-12)16(18)20-2)21-13-6-3-11(10-17)4-7-13/h3-9H,1-2H3. The summed E-state index contributed by atoms with van der Waals surface area (Å²) in [6.45, 7) is 0. The molecule has 2 rings (SSSR count). The number of hydrogen-bond donors (Lipinski definition) is 0. The summed E-state index contributed by atoms with van der Waals surface area (Å²) in [5, 5.41) is 8.79. The third kappa shape index (κ3) is 3.56. The minimum atomic E-state index is -0.412. The van der Waals surface area contributed by atoms with Crippen molar-refractivity contribution in [3.8, 4) is 11.8 Å². The molecule has 4 nitrogen and oxygen atoms in total. The summed E-state index contributed by atoms with van der Waals surface area (Å²) in [7, 11) is 2.89. The molecule has 0 spiro atoms. The predicted octanol–water partition coefficient (Wildman–Crippen LogP) is 3.50. The minimum absolute atomic E-state index is 0.412. The molecular formula is C16H13NO3S. The average molecular weight is 299 g/mol. The molecule has 2 aromatic rings. The van der Waals surface area contributed by atoms with Crippen molar-refractivity contribution in [1.29, 1.82) is 5.26 Å². The van der Waals surface area contributed by atoms with E-state index in [0.717, 1.165) is 9.79 Å². The number of carbonyl (C=O) groups is 1. The Bertz CT molecular complexity index is 690. The van der Waals surface area contributed by atoms with Crippen LogP contribution in [0.2, 0.25) is 0 Å². The van der Waals surface area contributed by atoms with Gasteiger partial charge in [-0.2, -0.15) is 5.26 Å². The molecule has 0 saturated heterocycles. The topological polar surface area (TPSA) is 59.3 Å². The number of hydrogen-bond acceptors (Lipinski definition) is 5. The number of rotatable bonds is 4. The smallest absolute Gasteiger partial charge is 0.339 e. The zero-order chi connectivity index (χ0) is 15.2. The lowest BCUT2D eigenvalue weighted by Crippen LogP contribution is -2.03. The summed E-state index contributed by atoms with van der Waals surface area (Å²) in [4.78, 5) is 13.6. The van der Waals surface area contributed by atoms with Crippen molar-refractivity contribution in [3.63, 3.8) is 0 Å². The van der Waals surface area contributed by atoms with E-state index < -0.39 is 5.97 Å². The van der Waals surface area contributed by atoms with Gasteiger partial charge in [0.1, 0.15) is 5.75 Å². The zero-order valence-electron chi connectivity index (χ0n) is 11.6. The molecule has 21 heavy (non-hydrogen) atoms. The summed E-state index contributed by atoms with van der Waals surface area (Å²) in [6, 6.07) is 14.5. The van der Waals surface area contributed by atoms with E-state index >= 15 is 0 Å². The third-order valence-electron chi connectivity index (χ3n) is 2.80. The van der Waals surface area contributed by atoms with Gasteiger partial charge in [-0.15, -0.1) is 0 Å². The van der Waals surface area contributed by atoms with Crippen LogP contribution in [0.15, 0.2) is 52.3 Å². The number of benzene rings is 2. The number of nitriles is 1. The van der Waals surface area contributed by atoms with Crippen LogP contribution in [0, 0.1) is 11.3 Å². The Labute approximate surface area is 127 Å². The van der Waals surface area contributed by atoms with Gasteiger partial charge < -0.3 is 9.47 Å². The Morgan fingerprint density at radius 1 is 1.14 bits per heavy atom. The van der Waals surface area contributed by atoms with E-state index in [9.17, 15) is 4.79 Å². The van der Waals surface area contributed by atoms with Gasteiger partial charge in [-0.1, -0.05) is 11.8 Å². The molecule has 106 valence electrons. The largest absolute Gasteiger partial charge is 0.497 e. The second-order valence-corrected chi connectivity index (χ2v) is 5.21. The van der Waals surface area contributed by atoms with Crippen molar-refractivity contribution in [2.45, 2.75) is 9.79 Å². The number of nitrogens with zero attached hydrogens (tertiary/aromatic N) is 1. The Hall–Kier alpha value is -2.45. The van der Waals surface area contributed by atoms with E-state index in [2.05, 4.69) is 6.07 Å². The summed E-state index contributed by atoms with van der Waals surface area (Å²) in [5.41, 5.74) is 1.05. The van der Waals surface area contributed by atoms with Gasteiger partial charge in [0, 0.05) is 9.79 Å². The van der Waals surface area contributed by atoms with E-state index in [4.69, 9.17) is 14.7 Å². The van der Waals surface area contributed by atoms with Crippen molar-refractivity contribution in [2.24, 2.45) is 0 Å². The molecule has 0 radical (unpaired) electrons. The van der Waals surface area contributed by atoms with Crippen LogP contribution in [0.5, 0.6) is 5.75 Å². The minimum Gasteiger partial charge on any atom is -0.497 e. The quantitative estimate of drug-likeness (QED) is 0.809. The molecule has 0 aliphatic carbocycles. The van der Waals surface area contributed by atoms with Gasteiger partial charge in [0.05, 0.1) is 31.4 Å². The molecule has 2 aromatic carbocycles. The highest BCUT2D eigenvalue weighted by atomic mass is 32.2. The van der Waals surface area contributed by atoms with E-state index in [1.807, 2.05) is 18.2 Å². The normalized spacial score (nSPS) is 9.76. The Morgan fingerprint density at radius 2 is 1.86 bits per heavy atom. The van der Waals surface area contributed by atoms with Crippen molar-refractivity contribution in [3.05, 3.63) is 53.6 Å². The first-order chi connectivity index (χ1) is 10.2. The van der Waals surface area contributed by atoms with Gasteiger partial charge in [-0.25, -0.2) is 4.79 Å². The molecule has 0 aliphatic heterocycles. The van der Waals surface area contributed by atoms with E-state index in [1.165, 1.54) is 18.9 Å². The fourth-order valence-corrected chi connectivity index (χ4v) is 2.63. The molecule has 0 saturated carbocycles. The molecule has 0 aromatic heterocycles. The SMILES string of the molecule is COC(=O)c1cc(OC)ccc1Sc1ccc(C#N)cc1. The highest BCUT2D eigenvalue weighted by molar-refractivity contribution is 7.99.